The molecule has 0 fully saturated rings. The molecule has 0 aliphatic rings. The number of halogens is 2. The molecular weight excluding hydrogens is 349 g/mol. The van der Waals surface area contributed by atoms with Gasteiger partial charge < -0.3 is 5.32 Å². The molecular formula is C17H19BrFNS. The van der Waals surface area contributed by atoms with Crippen molar-refractivity contribution >= 4 is 27.7 Å². The minimum atomic E-state index is -0.204. The number of rotatable bonds is 4. The molecule has 0 unspecified atom stereocenters. The molecule has 0 radical (unpaired) electrons. The molecule has 0 spiro atoms. The van der Waals surface area contributed by atoms with Gasteiger partial charge in [-0.25, -0.2) is 4.39 Å². The van der Waals surface area contributed by atoms with Gasteiger partial charge in [0.1, 0.15) is 5.82 Å². The second-order valence-corrected chi connectivity index (χ2v) is 7.92. The highest BCUT2D eigenvalue weighted by molar-refractivity contribution is 9.10. The highest BCUT2D eigenvalue weighted by Crippen LogP contribution is 2.31. The zero-order valence-electron chi connectivity index (χ0n) is 12.4. The van der Waals surface area contributed by atoms with E-state index in [9.17, 15) is 4.39 Å². The van der Waals surface area contributed by atoms with Gasteiger partial charge in [-0.2, -0.15) is 0 Å². The van der Waals surface area contributed by atoms with Crippen LogP contribution in [0.25, 0.3) is 0 Å². The third-order valence-corrected chi connectivity index (χ3v) is 4.58. The summed E-state index contributed by atoms with van der Waals surface area (Å²) in [5.74, 6) is -0.204. The second-order valence-electron chi connectivity index (χ2n) is 5.92. The average Bonchev–Trinajstić information content (AvgIpc) is 2.36. The van der Waals surface area contributed by atoms with Crippen LogP contribution in [0.15, 0.2) is 56.7 Å². The Labute approximate surface area is 138 Å². The molecule has 0 aliphatic carbocycles. The number of hydrogen-bond donors (Lipinski definition) is 1. The molecule has 0 bridgehead atoms. The molecule has 0 aromatic heterocycles. The molecule has 0 saturated heterocycles. The Morgan fingerprint density at radius 1 is 1.10 bits per heavy atom. The third kappa shape index (κ3) is 5.46. The molecule has 0 saturated carbocycles. The van der Waals surface area contributed by atoms with Crippen molar-refractivity contribution in [1.82, 2.24) is 5.32 Å². The van der Waals surface area contributed by atoms with Gasteiger partial charge >= 0.3 is 0 Å². The Morgan fingerprint density at radius 3 is 2.43 bits per heavy atom. The topological polar surface area (TPSA) is 12.0 Å². The van der Waals surface area contributed by atoms with Crippen molar-refractivity contribution < 1.29 is 4.39 Å². The van der Waals surface area contributed by atoms with E-state index in [0.717, 1.165) is 20.8 Å². The van der Waals surface area contributed by atoms with Crippen molar-refractivity contribution in [3.63, 3.8) is 0 Å². The van der Waals surface area contributed by atoms with Gasteiger partial charge in [0.25, 0.3) is 0 Å². The molecule has 112 valence electrons. The van der Waals surface area contributed by atoms with E-state index < -0.39 is 0 Å². The van der Waals surface area contributed by atoms with E-state index in [0.29, 0.717) is 0 Å². The average molecular weight is 368 g/mol. The van der Waals surface area contributed by atoms with E-state index in [1.165, 1.54) is 11.6 Å². The van der Waals surface area contributed by atoms with Crippen LogP contribution in [0.5, 0.6) is 0 Å². The van der Waals surface area contributed by atoms with Gasteiger partial charge in [-0.15, -0.1) is 0 Å². The summed E-state index contributed by atoms with van der Waals surface area (Å²) in [6, 6.07) is 12.9. The van der Waals surface area contributed by atoms with E-state index in [4.69, 9.17) is 0 Å². The maximum Gasteiger partial charge on any atom is 0.124 e. The Kier molecular flexibility index (Phi) is 5.47. The van der Waals surface area contributed by atoms with E-state index in [2.05, 4.69) is 60.2 Å². The van der Waals surface area contributed by atoms with Gasteiger partial charge in [0.15, 0.2) is 0 Å². The van der Waals surface area contributed by atoms with Crippen molar-refractivity contribution in [3.05, 3.63) is 58.3 Å². The van der Waals surface area contributed by atoms with E-state index >= 15 is 0 Å². The van der Waals surface area contributed by atoms with Crippen LogP contribution < -0.4 is 5.32 Å². The molecule has 1 nitrogen and oxygen atoms in total. The normalized spacial score (nSPS) is 11.7. The molecule has 2 aromatic rings. The summed E-state index contributed by atoms with van der Waals surface area (Å²) < 4.78 is 14.3. The standard InChI is InChI=1S/C17H19BrFNS/c1-17(2,3)20-11-12-7-8-15(10-16(12)18)21-14-6-4-5-13(19)9-14/h4-10,20H,11H2,1-3H3. The van der Waals surface area contributed by atoms with Crippen LogP contribution >= 0.6 is 27.7 Å². The summed E-state index contributed by atoms with van der Waals surface area (Å²) in [6.07, 6.45) is 0. The molecule has 21 heavy (non-hydrogen) atoms. The smallest absolute Gasteiger partial charge is 0.124 e. The summed E-state index contributed by atoms with van der Waals surface area (Å²) in [6.45, 7) is 7.26. The van der Waals surface area contributed by atoms with Crippen molar-refractivity contribution in [2.45, 2.75) is 42.6 Å². The summed E-state index contributed by atoms with van der Waals surface area (Å²) >= 11 is 5.17. The maximum absolute atomic E-state index is 13.2. The fourth-order valence-corrected chi connectivity index (χ4v) is 3.34. The summed E-state index contributed by atoms with van der Waals surface area (Å²) in [4.78, 5) is 1.99. The molecule has 0 aliphatic heterocycles. The van der Waals surface area contributed by atoms with Crippen LogP contribution in [-0.4, -0.2) is 5.54 Å². The first-order valence-corrected chi connectivity index (χ1v) is 8.41. The molecule has 1 N–H and O–H groups in total. The first kappa shape index (κ1) is 16.5. The van der Waals surface area contributed by atoms with Crippen LogP contribution in [-0.2, 0) is 6.54 Å². The zero-order valence-corrected chi connectivity index (χ0v) is 14.8. The van der Waals surface area contributed by atoms with Crippen LogP contribution in [0.4, 0.5) is 4.39 Å². The minimum Gasteiger partial charge on any atom is -0.308 e. The van der Waals surface area contributed by atoms with Gasteiger partial charge in [-0.1, -0.05) is 39.8 Å². The fraction of sp³-hybridized carbons (Fsp3) is 0.294. The zero-order chi connectivity index (χ0) is 15.5. The molecule has 0 atom stereocenters. The molecule has 2 aromatic carbocycles. The minimum absolute atomic E-state index is 0.0917. The van der Waals surface area contributed by atoms with E-state index in [1.54, 1.807) is 23.9 Å². The van der Waals surface area contributed by atoms with Crippen molar-refractivity contribution in [2.24, 2.45) is 0 Å². The van der Waals surface area contributed by atoms with Gasteiger partial charge in [0.05, 0.1) is 0 Å². The lowest BCUT2D eigenvalue weighted by molar-refractivity contribution is 0.424. The van der Waals surface area contributed by atoms with Crippen LogP contribution in [0.3, 0.4) is 0 Å². The second kappa shape index (κ2) is 6.95. The van der Waals surface area contributed by atoms with Gasteiger partial charge in [-0.05, 0) is 56.7 Å². The Hall–Kier alpha value is -0.840. The number of hydrogen-bond acceptors (Lipinski definition) is 2. The highest BCUT2D eigenvalue weighted by atomic mass is 79.9. The van der Waals surface area contributed by atoms with E-state index in [1.807, 2.05) is 6.07 Å². The molecule has 2 rings (SSSR count). The Morgan fingerprint density at radius 2 is 1.81 bits per heavy atom. The summed E-state index contributed by atoms with van der Waals surface area (Å²) in [5.41, 5.74) is 1.31. The summed E-state index contributed by atoms with van der Waals surface area (Å²) in [5, 5.41) is 3.47. The maximum atomic E-state index is 13.2. The Bertz CT molecular complexity index is 622. The lowest BCUT2D eigenvalue weighted by Gasteiger charge is -2.21. The van der Waals surface area contributed by atoms with Crippen LogP contribution in [0.2, 0.25) is 0 Å². The first-order chi connectivity index (χ1) is 9.83. The number of nitrogens with one attached hydrogen (secondary N) is 1. The van der Waals surface area contributed by atoms with Crippen LogP contribution in [0, 0.1) is 5.82 Å². The molecule has 4 heteroatoms. The first-order valence-electron chi connectivity index (χ1n) is 6.80. The van der Waals surface area contributed by atoms with Crippen molar-refractivity contribution in [3.8, 4) is 0 Å². The monoisotopic (exact) mass is 367 g/mol. The van der Waals surface area contributed by atoms with Gasteiger partial charge in [0, 0.05) is 26.3 Å². The number of benzene rings is 2. The van der Waals surface area contributed by atoms with Crippen molar-refractivity contribution in [1.29, 1.82) is 0 Å². The van der Waals surface area contributed by atoms with Crippen molar-refractivity contribution in [2.75, 3.05) is 0 Å². The predicted octanol–water partition coefficient (Wildman–Crippen LogP) is 5.63. The third-order valence-electron chi connectivity index (χ3n) is 2.87. The highest BCUT2D eigenvalue weighted by Gasteiger charge is 2.10. The lowest BCUT2D eigenvalue weighted by atomic mass is 10.1. The van der Waals surface area contributed by atoms with Gasteiger partial charge in [0.2, 0.25) is 0 Å². The fourth-order valence-electron chi connectivity index (χ4n) is 1.76. The van der Waals surface area contributed by atoms with E-state index in [-0.39, 0.29) is 11.4 Å². The SMILES string of the molecule is CC(C)(C)NCc1ccc(Sc2cccc(F)c2)cc1Br. The quantitative estimate of drug-likeness (QED) is 0.751. The van der Waals surface area contributed by atoms with Gasteiger partial charge in [-0.3, -0.25) is 0 Å². The Balaban J connectivity index is 2.08. The largest absolute Gasteiger partial charge is 0.308 e. The molecule has 0 heterocycles. The van der Waals surface area contributed by atoms with Crippen LogP contribution in [0.1, 0.15) is 26.3 Å². The molecule has 0 amide bonds. The summed E-state index contributed by atoms with van der Waals surface area (Å²) in [7, 11) is 0. The predicted molar refractivity (Wildman–Crippen MR) is 91.3 cm³/mol. The lowest BCUT2D eigenvalue weighted by Crippen LogP contribution is -2.35.